The second-order valence-corrected chi connectivity index (χ2v) is 6.67. The van der Waals surface area contributed by atoms with E-state index in [1.807, 2.05) is 44.2 Å². The number of aromatic nitrogens is 2. The Bertz CT molecular complexity index is 1040. The van der Waals surface area contributed by atoms with Crippen molar-refractivity contribution < 1.29 is 19.1 Å². The summed E-state index contributed by atoms with van der Waals surface area (Å²) >= 11 is 0. The molecule has 0 atom stereocenters. The molecular formula is C23H26N4O4. The average molecular weight is 422 g/mol. The van der Waals surface area contributed by atoms with E-state index in [9.17, 15) is 9.59 Å². The van der Waals surface area contributed by atoms with Crippen molar-refractivity contribution in [1.29, 1.82) is 0 Å². The summed E-state index contributed by atoms with van der Waals surface area (Å²) in [6.07, 6.45) is 1.64. The van der Waals surface area contributed by atoms with Gasteiger partial charge in [0.1, 0.15) is 18.1 Å². The summed E-state index contributed by atoms with van der Waals surface area (Å²) in [5.41, 5.74) is 1.84. The Hall–Kier alpha value is -3.81. The van der Waals surface area contributed by atoms with Crippen LogP contribution < -0.4 is 20.1 Å². The van der Waals surface area contributed by atoms with E-state index in [1.165, 1.54) is 7.05 Å². The number of carbonyl (C=O) groups is 2. The minimum Gasteiger partial charge on any atom is -0.494 e. The zero-order chi connectivity index (χ0) is 22.2. The number of rotatable bonds is 9. The van der Waals surface area contributed by atoms with Crippen LogP contribution in [0.3, 0.4) is 0 Å². The van der Waals surface area contributed by atoms with Crippen LogP contribution in [0.25, 0.3) is 0 Å². The van der Waals surface area contributed by atoms with E-state index in [2.05, 4.69) is 15.7 Å². The van der Waals surface area contributed by atoms with Gasteiger partial charge in [-0.15, -0.1) is 0 Å². The number of nitrogens with one attached hydrogen (secondary N) is 2. The van der Waals surface area contributed by atoms with Gasteiger partial charge in [-0.05, 0) is 55.8 Å². The Morgan fingerprint density at radius 3 is 2.35 bits per heavy atom. The van der Waals surface area contributed by atoms with Gasteiger partial charge in [-0.1, -0.05) is 12.1 Å². The van der Waals surface area contributed by atoms with Crippen LogP contribution in [0, 0.1) is 0 Å². The molecule has 0 bridgehead atoms. The van der Waals surface area contributed by atoms with Gasteiger partial charge in [-0.25, -0.2) is 0 Å². The summed E-state index contributed by atoms with van der Waals surface area (Å²) in [6.45, 7) is 5.34. The van der Waals surface area contributed by atoms with Gasteiger partial charge in [0, 0.05) is 25.4 Å². The molecule has 0 unspecified atom stereocenters. The first-order valence-corrected chi connectivity index (χ1v) is 10.1. The van der Waals surface area contributed by atoms with Crippen molar-refractivity contribution in [3.05, 3.63) is 71.5 Å². The Labute approximate surface area is 181 Å². The average Bonchev–Trinajstić information content (AvgIpc) is 3.21. The molecule has 0 saturated carbocycles. The number of hydrogen-bond donors (Lipinski definition) is 2. The SMILES string of the molecule is CCOc1ccc(OCc2cccc(C(=O)Nc3cn(CC)nc3C(=O)NC)c2)cc1. The van der Waals surface area contributed by atoms with Crippen LogP contribution in [0.4, 0.5) is 5.69 Å². The number of hydrogen-bond acceptors (Lipinski definition) is 5. The first-order valence-electron chi connectivity index (χ1n) is 10.1. The van der Waals surface area contributed by atoms with Crippen molar-refractivity contribution in [2.45, 2.75) is 27.0 Å². The zero-order valence-electron chi connectivity index (χ0n) is 17.8. The van der Waals surface area contributed by atoms with Crippen molar-refractivity contribution in [1.82, 2.24) is 15.1 Å². The Morgan fingerprint density at radius 1 is 1.00 bits per heavy atom. The van der Waals surface area contributed by atoms with Gasteiger partial charge >= 0.3 is 0 Å². The minimum atomic E-state index is -0.361. The molecule has 8 nitrogen and oxygen atoms in total. The molecule has 162 valence electrons. The van der Waals surface area contributed by atoms with Gasteiger partial charge in [-0.2, -0.15) is 5.10 Å². The fraction of sp³-hybridized carbons (Fsp3) is 0.261. The number of carbonyl (C=O) groups excluding carboxylic acids is 2. The molecule has 31 heavy (non-hydrogen) atoms. The van der Waals surface area contributed by atoms with Crippen LogP contribution in [0.5, 0.6) is 11.5 Å². The normalized spacial score (nSPS) is 10.4. The summed E-state index contributed by atoms with van der Waals surface area (Å²) < 4.78 is 12.8. The summed E-state index contributed by atoms with van der Waals surface area (Å²) in [6, 6.07) is 14.5. The molecule has 1 aromatic heterocycles. The Morgan fingerprint density at radius 2 is 1.71 bits per heavy atom. The summed E-state index contributed by atoms with van der Waals surface area (Å²) in [5.74, 6) is 0.806. The molecule has 0 fully saturated rings. The Kier molecular flexibility index (Phi) is 7.26. The van der Waals surface area contributed by atoms with E-state index in [0.29, 0.717) is 36.8 Å². The van der Waals surface area contributed by atoms with Crippen LogP contribution in [-0.2, 0) is 13.2 Å². The van der Waals surface area contributed by atoms with Crippen LogP contribution >= 0.6 is 0 Å². The predicted molar refractivity (Wildman–Crippen MR) is 118 cm³/mol. The lowest BCUT2D eigenvalue weighted by atomic mass is 10.1. The third-order valence-corrected chi connectivity index (χ3v) is 4.51. The molecular weight excluding hydrogens is 396 g/mol. The highest BCUT2D eigenvalue weighted by Gasteiger charge is 2.18. The molecule has 3 aromatic rings. The summed E-state index contributed by atoms with van der Waals surface area (Å²) in [4.78, 5) is 24.8. The smallest absolute Gasteiger partial charge is 0.273 e. The van der Waals surface area contributed by atoms with E-state index < -0.39 is 0 Å². The van der Waals surface area contributed by atoms with Crippen molar-refractivity contribution in [3.8, 4) is 11.5 Å². The standard InChI is InChI=1S/C23H26N4O4/c1-4-27-14-20(21(26-27)23(29)24-3)25-22(28)17-8-6-7-16(13-17)15-31-19-11-9-18(10-12-19)30-5-2/h6-14H,4-5,15H2,1-3H3,(H,24,29)(H,25,28). The predicted octanol–water partition coefficient (Wildman–Crippen LogP) is 3.49. The highest BCUT2D eigenvalue weighted by Crippen LogP contribution is 2.20. The van der Waals surface area contributed by atoms with Crippen LogP contribution in [-0.4, -0.2) is 35.2 Å². The van der Waals surface area contributed by atoms with E-state index >= 15 is 0 Å². The number of ether oxygens (including phenoxy) is 2. The third kappa shape index (κ3) is 5.63. The lowest BCUT2D eigenvalue weighted by molar-refractivity contribution is 0.0958. The van der Waals surface area contributed by atoms with Crippen LogP contribution in [0.1, 0.15) is 40.3 Å². The molecule has 2 N–H and O–H groups in total. The molecule has 0 saturated heterocycles. The van der Waals surface area contributed by atoms with Crippen LogP contribution in [0.2, 0.25) is 0 Å². The molecule has 0 aliphatic heterocycles. The van der Waals surface area contributed by atoms with Crippen LogP contribution in [0.15, 0.2) is 54.7 Å². The molecule has 2 aromatic carbocycles. The van der Waals surface area contributed by atoms with Gasteiger partial charge in [-0.3, -0.25) is 14.3 Å². The van der Waals surface area contributed by atoms with Crippen molar-refractivity contribution >= 4 is 17.5 Å². The lowest BCUT2D eigenvalue weighted by Gasteiger charge is -2.09. The minimum absolute atomic E-state index is 0.174. The topological polar surface area (TPSA) is 94.5 Å². The maximum atomic E-state index is 12.8. The molecule has 0 radical (unpaired) electrons. The maximum Gasteiger partial charge on any atom is 0.273 e. The lowest BCUT2D eigenvalue weighted by Crippen LogP contribution is -2.21. The second kappa shape index (κ2) is 10.3. The third-order valence-electron chi connectivity index (χ3n) is 4.51. The Balaban J connectivity index is 1.67. The molecule has 2 amide bonds. The molecule has 0 aliphatic rings. The van der Waals surface area contributed by atoms with E-state index in [0.717, 1.165) is 11.3 Å². The molecule has 0 aliphatic carbocycles. The molecule has 1 heterocycles. The number of anilines is 1. The van der Waals surface area contributed by atoms with Crippen molar-refractivity contribution in [2.24, 2.45) is 0 Å². The van der Waals surface area contributed by atoms with Gasteiger partial charge < -0.3 is 20.1 Å². The monoisotopic (exact) mass is 422 g/mol. The fourth-order valence-corrected chi connectivity index (χ4v) is 2.92. The maximum absolute atomic E-state index is 12.8. The highest BCUT2D eigenvalue weighted by molar-refractivity contribution is 6.08. The molecule has 0 spiro atoms. The molecule has 3 rings (SSSR count). The van der Waals surface area contributed by atoms with Gasteiger partial charge in [0.05, 0.1) is 12.3 Å². The first-order chi connectivity index (χ1) is 15.0. The van der Waals surface area contributed by atoms with E-state index in [4.69, 9.17) is 9.47 Å². The largest absolute Gasteiger partial charge is 0.494 e. The summed E-state index contributed by atoms with van der Waals surface area (Å²) in [5, 5.41) is 9.52. The zero-order valence-corrected chi connectivity index (χ0v) is 17.8. The second-order valence-electron chi connectivity index (χ2n) is 6.67. The van der Waals surface area contributed by atoms with Crippen molar-refractivity contribution in [3.63, 3.8) is 0 Å². The van der Waals surface area contributed by atoms with Gasteiger partial charge in [0.25, 0.3) is 11.8 Å². The first kappa shape index (κ1) is 21.9. The number of benzene rings is 2. The number of aryl methyl sites for hydroxylation is 1. The van der Waals surface area contributed by atoms with E-state index in [-0.39, 0.29) is 17.5 Å². The van der Waals surface area contributed by atoms with E-state index in [1.54, 1.807) is 29.1 Å². The van der Waals surface area contributed by atoms with Gasteiger partial charge in [0.15, 0.2) is 5.69 Å². The van der Waals surface area contributed by atoms with Gasteiger partial charge in [0.2, 0.25) is 0 Å². The molecule has 8 heteroatoms. The summed E-state index contributed by atoms with van der Waals surface area (Å²) in [7, 11) is 1.52. The number of nitrogens with zero attached hydrogens (tertiary/aromatic N) is 2. The fourth-order valence-electron chi connectivity index (χ4n) is 2.92. The number of amides is 2. The quantitative estimate of drug-likeness (QED) is 0.550. The highest BCUT2D eigenvalue weighted by atomic mass is 16.5. The van der Waals surface area contributed by atoms with Crippen molar-refractivity contribution in [2.75, 3.05) is 19.0 Å².